The molecule has 1 aliphatic rings. The van der Waals surface area contributed by atoms with Crippen molar-refractivity contribution < 1.29 is 33.4 Å². The van der Waals surface area contributed by atoms with Gasteiger partial charge in [0.1, 0.15) is 12.4 Å². The Balaban J connectivity index is 1.78. The Bertz CT molecular complexity index is 951. The molecule has 1 aromatic rings. The van der Waals surface area contributed by atoms with Crippen molar-refractivity contribution in [3.8, 4) is 0 Å². The van der Waals surface area contributed by atoms with Crippen molar-refractivity contribution in [2.45, 2.75) is 66.1 Å². The van der Waals surface area contributed by atoms with Crippen LogP contribution < -0.4 is 5.32 Å². The lowest BCUT2D eigenvalue weighted by atomic mass is 9.96. The Kier molecular flexibility index (Phi) is 11.7. The smallest absolute Gasteiger partial charge is 0.412 e. The van der Waals surface area contributed by atoms with Gasteiger partial charge in [-0.3, -0.25) is 20.3 Å². The fraction of sp³-hybridized carbons (Fsp3) is 0.593. The number of piperidine rings is 1. The minimum absolute atomic E-state index is 0.0624. The topological polar surface area (TPSA) is 135 Å². The van der Waals surface area contributed by atoms with Crippen molar-refractivity contribution in [3.05, 3.63) is 35.4 Å². The SMILES string of the molecule is CC(C)COC(=O)NC(=N)c1ccc(C(=O)CC(C)C(=O)N2CCC(OCC(=O)OC(C)C)CC2)cc1. The van der Waals surface area contributed by atoms with E-state index >= 15 is 0 Å². The lowest BCUT2D eigenvalue weighted by Gasteiger charge is -2.33. The standard InChI is InChI=1S/C27H39N3O7/c1-17(2)15-36-27(34)29-25(28)21-8-6-20(7-9-21)23(31)14-19(5)26(33)30-12-10-22(11-13-30)35-16-24(32)37-18(3)4/h6-9,17-19,22H,10-16H2,1-5H3,(H2,28,29,34). The highest BCUT2D eigenvalue weighted by molar-refractivity contribution is 6.05. The molecule has 1 atom stereocenters. The summed E-state index contributed by atoms with van der Waals surface area (Å²) in [5, 5.41) is 10.4. The number of ketones is 1. The summed E-state index contributed by atoms with van der Waals surface area (Å²) in [7, 11) is 0. The number of amides is 2. The van der Waals surface area contributed by atoms with Crippen LogP contribution in [0.3, 0.4) is 0 Å². The van der Waals surface area contributed by atoms with Gasteiger partial charge in [-0.05, 0) is 32.6 Å². The maximum atomic E-state index is 12.9. The van der Waals surface area contributed by atoms with Crippen LogP contribution in [0.4, 0.5) is 4.79 Å². The van der Waals surface area contributed by atoms with E-state index in [1.54, 1.807) is 49.9 Å². The zero-order valence-corrected chi connectivity index (χ0v) is 22.4. The molecule has 204 valence electrons. The van der Waals surface area contributed by atoms with Crippen LogP contribution >= 0.6 is 0 Å². The first-order valence-corrected chi connectivity index (χ1v) is 12.7. The number of hydrogen-bond donors (Lipinski definition) is 2. The number of carbonyl (C=O) groups excluding carboxylic acids is 4. The van der Waals surface area contributed by atoms with Crippen LogP contribution in [0.1, 0.15) is 69.8 Å². The highest BCUT2D eigenvalue weighted by Crippen LogP contribution is 2.19. The quantitative estimate of drug-likeness (QED) is 0.198. The van der Waals surface area contributed by atoms with Crippen LogP contribution in [-0.2, 0) is 23.8 Å². The highest BCUT2D eigenvalue weighted by Gasteiger charge is 2.28. The van der Waals surface area contributed by atoms with Gasteiger partial charge in [-0.25, -0.2) is 9.59 Å². The van der Waals surface area contributed by atoms with Crippen LogP contribution in [-0.4, -0.2) is 73.0 Å². The van der Waals surface area contributed by atoms with Gasteiger partial charge in [0.05, 0.1) is 18.8 Å². The molecule has 0 aromatic heterocycles. The second-order valence-corrected chi connectivity index (χ2v) is 9.97. The van der Waals surface area contributed by atoms with E-state index in [1.807, 2.05) is 13.8 Å². The zero-order valence-electron chi connectivity index (χ0n) is 22.4. The van der Waals surface area contributed by atoms with Crippen molar-refractivity contribution in [1.29, 1.82) is 5.41 Å². The Labute approximate surface area is 218 Å². The molecule has 0 aliphatic carbocycles. The molecule has 10 nitrogen and oxygen atoms in total. The second-order valence-electron chi connectivity index (χ2n) is 9.97. The van der Waals surface area contributed by atoms with Gasteiger partial charge < -0.3 is 19.1 Å². The Morgan fingerprint density at radius 1 is 1.00 bits per heavy atom. The van der Waals surface area contributed by atoms with Gasteiger partial charge in [0, 0.05) is 36.6 Å². The maximum absolute atomic E-state index is 12.9. The van der Waals surface area contributed by atoms with Gasteiger partial charge in [-0.15, -0.1) is 0 Å². The summed E-state index contributed by atoms with van der Waals surface area (Å²) < 4.78 is 15.7. The number of benzene rings is 1. The summed E-state index contributed by atoms with van der Waals surface area (Å²) in [6.45, 7) is 10.3. The number of esters is 1. The third-order valence-corrected chi connectivity index (χ3v) is 5.74. The van der Waals surface area contributed by atoms with Gasteiger partial charge in [-0.1, -0.05) is 45.0 Å². The molecule has 10 heteroatoms. The molecular weight excluding hydrogens is 478 g/mol. The summed E-state index contributed by atoms with van der Waals surface area (Å²) in [4.78, 5) is 50.7. The van der Waals surface area contributed by atoms with Crippen molar-refractivity contribution in [2.24, 2.45) is 11.8 Å². The molecule has 0 spiro atoms. The van der Waals surface area contributed by atoms with E-state index in [9.17, 15) is 19.2 Å². The highest BCUT2D eigenvalue weighted by atomic mass is 16.6. The number of nitrogens with one attached hydrogen (secondary N) is 2. The van der Waals surface area contributed by atoms with E-state index in [1.165, 1.54) is 0 Å². The molecule has 2 amide bonds. The molecule has 1 aliphatic heterocycles. The third-order valence-electron chi connectivity index (χ3n) is 5.74. The molecule has 1 aromatic carbocycles. The zero-order chi connectivity index (χ0) is 27.5. The average Bonchev–Trinajstić information content (AvgIpc) is 2.85. The molecule has 0 bridgehead atoms. The molecule has 1 fully saturated rings. The summed E-state index contributed by atoms with van der Waals surface area (Å²) in [5.41, 5.74) is 0.865. The second kappa shape index (κ2) is 14.5. The van der Waals surface area contributed by atoms with Crippen LogP contribution in [0, 0.1) is 17.2 Å². The van der Waals surface area contributed by atoms with Gasteiger partial charge in [0.15, 0.2) is 5.78 Å². The van der Waals surface area contributed by atoms with Crippen molar-refractivity contribution in [3.63, 3.8) is 0 Å². The van der Waals surface area contributed by atoms with Gasteiger partial charge in [0.2, 0.25) is 5.91 Å². The van der Waals surface area contributed by atoms with E-state index in [-0.39, 0.29) is 55.3 Å². The third kappa shape index (κ3) is 10.3. The van der Waals surface area contributed by atoms with Gasteiger partial charge >= 0.3 is 12.1 Å². The van der Waals surface area contributed by atoms with Crippen molar-refractivity contribution in [2.75, 3.05) is 26.3 Å². The van der Waals surface area contributed by atoms with Crippen molar-refractivity contribution >= 4 is 29.6 Å². The lowest BCUT2D eigenvalue weighted by molar-refractivity contribution is -0.156. The Morgan fingerprint density at radius 3 is 2.16 bits per heavy atom. The number of hydrogen-bond acceptors (Lipinski definition) is 8. The summed E-state index contributed by atoms with van der Waals surface area (Å²) in [6, 6.07) is 6.31. The number of likely N-dealkylation sites (tertiary alicyclic amines) is 1. The number of amidine groups is 1. The molecular formula is C27H39N3O7. The fourth-order valence-electron chi connectivity index (χ4n) is 3.80. The predicted molar refractivity (Wildman–Crippen MR) is 137 cm³/mol. The minimum atomic E-state index is -0.699. The minimum Gasteiger partial charge on any atom is -0.461 e. The number of alkyl carbamates (subject to hydrolysis) is 1. The molecule has 2 N–H and O–H groups in total. The van der Waals surface area contributed by atoms with E-state index in [0.717, 1.165) is 0 Å². The number of Topliss-reactive ketones (excluding diaryl/α,β-unsaturated/α-hetero) is 1. The maximum Gasteiger partial charge on any atom is 0.412 e. The Morgan fingerprint density at radius 2 is 1.59 bits per heavy atom. The van der Waals surface area contributed by atoms with E-state index in [2.05, 4.69) is 5.32 Å². The van der Waals surface area contributed by atoms with E-state index in [0.29, 0.717) is 37.1 Å². The number of rotatable bonds is 11. The van der Waals surface area contributed by atoms with E-state index in [4.69, 9.17) is 19.6 Å². The molecule has 0 radical (unpaired) electrons. The predicted octanol–water partition coefficient (Wildman–Crippen LogP) is 3.56. The number of nitrogens with zero attached hydrogens (tertiary/aromatic N) is 1. The Hall–Kier alpha value is -3.27. The summed E-state index contributed by atoms with van der Waals surface area (Å²) >= 11 is 0. The fourth-order valence-corrected chi connectivity index (χ4v) is 3.80. The largest absolute Gasteiger partial charge is 0.461 e. The molecule has 2 rings (SSSR count). The monoisotopic (exact) mass is 517 g/mol. The van der Waals surface area contributed by atoms with Crippen LogP contribution in [0.2, 0.25) is 0 Å². The first-order chi connectivity index (χ1) is 17.5. The van der Waals surface area contributed by atoms with Crippen LogP contribution in [0.15, 0.2) is 24.3 Å². The first-order valence-electron chi connectivity index (χ1n) is 12.7. The van der Waals surface area contributed by atoms with Crippen molar-refractivity contribution in [1.82, 2.24) is 10.2 Å². The summed E-state index contributed by atoms with van der Waals surface area (Å²) in [6.07, 6.45) is 0.308. The van der Waals surface area contributed by atoms with Gasteiger partial charge in [0.25, 0.3) is 0 Å². The molecule has 1 unspecified atom stereocenters. The van der Waals surface area contributed by atoms with Gasteiger partial charge in [-0.2, -0.15) is 0 Å². The number of carbonyl (C=O) groups is 4. The lowest BCUT2D eigenvalue weighted by Crippen LogP contribution is -2.43. The first kappa shape index (κ1) is 30.0. The van der Waals surface area contributed by atoms with Crippen LogP contribution in [0.5, 0.6) is 0 Å². The normalized spacial score (nSPS) is 14.8. The van der Waals surface area contributed by atoms with E-state index < -0.39 is 18.0 Å². The average molecular weight is 518 g/mol. The molecule has 1 heterocycles. The summed E-state index contributed by atoms with van der Waals surface area (Å²) in [5.74, 6) is -1.08. The molecule has 1 saturated heterocycles. The number of ether oxygens (including phenoxy) is 3. The molecule has 0 saturated carbocycles. The van der Waals surface area contributed by atoms with Crippen LogP contribution in [0.25, 0.3) is 0 Å². The molecule has 37 heavy (non-hydrogen) atoms.